The number of hydrazine groups is 2. The Bertz CT molecular complexity index is 268. The molecular formula is C5H9N5S. The van der Waals surface area contributed by atoms with Crippen molar-refractivity contribution in [2.75, 3.05) is 10.9 Å². The fraction of sp³-hybridized carbons (Fsp3) is 0. The molecule has 0 unspecified atom stereocenters. The molecule has 6 heteroatoms. The Morgan fingerprint density at radius 2 is 1.64 bits per heavy atom. The molecule has 0 spiro atoms. The molecule has 0 aliphatic rings. The van der Waals surface area contributed by atoms with Crippen molar-refractivity contribution in [3.8, 4) is 0 Å². The number of nitrogen functional groups attached to an aromatic ring is 2. The second-order valence-corrected chi connectivity index (χ2v) is 2.40. The minimum absolute atomic E-state index is 0.616. The van der Waals surface area contributed by atoms with Gasteiger partial charge >= 0.3 is 0 Å². The summed E-state index contributed by atoms with van der Waals surface area (Å²) in [5.74, 6) is 11.5. The van der Waals surface area contributed by atoms with Crippen LogP contribution in [0.3, 0.4) is 0 Å². The molecule has 5 nitrogen and oxygen atoms in total. The first-order valence-corrected chi connectivity index (χ1v) is 3.34. The molecule has 0 radical (unpaired) electrons. The second kappa shape index (κ2) is 3.33. The molecule has 11 heavy (non-hydrogen) atoms. The predicted molar refractivity (Wildman–Crippen MR) is 47.2 cm³/mol. The van der Waals surface area contributed by atoms with Gasteiger partial charge in [0.05, 0.1) is 0 Å². The molecule has 0 aliphatic heterocycles. The lowest BCUT2D eigenvalue weighted by atomic mass is 10.4. The van der Waals surface area contributed by atoms with Gasteiger partial charge in [-0.2, -0.15) is 0 Å². The second-order valence-electron chi connectivity index (χ2n) is 1.93. The molecule has 60 valence electrons. The Morgan fingerprint density at radius 3 is 2.00 bits per heavy atom. The maximum atomic E-state index is 5.15. The van der Waals surface area contributed by atoms with Crippen LogP contribution in [0.2, 0.25) is 0 Å². The molecule has 7 N–H and O–H groups in total. The van der Waals surface area contributed by atoms with Gasteiger partial charge < -0.3 is 15.8 Å². The minimum atomic E-state index is 0.616. The number of anilines is 2. The van der Waals surface area contributed by atoms with E-state index in [0.29, 0.717) is 16.1 Å². The number of pyridine rings is 1. The number of nitrogens with one attached hydrogen (secondary N) is 3. The van der Waals surface area contributed by atoms with E-state index in [9.17, 15) is 0 Å². The van der Waals surface area contributed by atoms with Gasteiger partial charge in [-0.1, -0.05) is 12.2 Å². The third kappa shape index (κ3) is 1.90. The molecule has 1 heterocycles. The average Bonchev–Trinajstić information content (AvgIpc) is 2.03. The van der Waals surface area contributed by atoms with Crippen LogP contribution in [0.4, 0.5) is 11.6 Å². The van der Waals surface area contributed by atoms with Crippen LogP contribution < -0.4 is 22.5 Å². The van der Waals surface area contributed by atoms with Crippen molar-refractivity contribution in [3.05, 3.63) is 16.6 Å². The summed E-state index contributed by atoms with van der Waals surface area (Å²) in [5, 5.41) is 0. The van der Waals surface area contributed by atoms with Gasteiger partial charge in [0.25, 0.3) is 0 Å². The quantitative estimate of drug-likeness (QED) is 0.251. The van der Waals surface area contributed by atoms with Crippen LogP contribution in [-0.2, 0) is 0 Å². The highest BCUT2D eigenvalue weighted by molar-refractivity contribution is 7.71. The third-order valence-corrected chi connectivity index (χ3v) is 1.39. The molecule has 0 atom stereocenters. The van der Waals surface area contributed by atoms with E-state index < -0.39 is 0 Å². The third-order valence-electron chi connectivity index (χ3n) is 1.15. The van der Waals surface area contributed by atoms with Crippen LogP contribution in [-0.4, -0.2) is 4.98 Å². The Balaban J connectivity index is 3.12. The standard InChI is InChI=1S/C5H9N5S/c6-9-4-1-3(11)2-5(8-4)10-7/h1-2H,6-7H2,(H3,8,9,10,11). The zero-order chi connectivity index (χ0) is 8.27. The summed E-state index contributed by atoms with van der Waals surface area (Å²) in [4.78, 5) is 2.85. The lowest BCUT2D eigenvalue weighted by Gasteiger charge is -2.03. The summed E-state index contributed by atoms with van der Waals surface area (Å²) in [6.07, 6.45) is 0. The van der Waals surface area contributed by atoms with Crippen molar-refractivity contribution in [1.29, 1.82) is 0 Å². The van der Waals surface area contributed by atoms with Gasteiger partial charge in [0.2, 0.25) is 0 Å². The Hall–Kier alpha value is -1.11. The van der Waals surface area contributed by atoms with Crippen LogP contribution >= 0.6 is 12.2 Å². The first kappa shape index (κ1) is 7.99. The van der Waals surface area contributed by atoms with Crippen LogP contribution in [0, 0.1) is 4.51 Å². The van der Waals surface area contributed by atoms with Gasteiger partial charge in [-0.15, -0.1) is 0 Å². The van der Waals surface area contributed by atoms with Crippen LogP contribution in [0.1, 0.15) is 0 Å². The lowest BCUT2D eigenvalue weighted by Crippen LogP contribution is -2.12. The Morgan fingerprint density at radius 1 is 1.18 bits per heavy atom. The van der Waals surface area contributed by atoms with E-state index in [1.165, 1.54) is 0 Å². The van der Waals surface area contributed by atoms with Crippen molar-refractivity contribution < 1.29 is 0 Å². The predicted octanol–water partition coefficient (Wildman–Crippen LogP) is 0.315. The van der Waals surface area contributed by atoms with Crippen molar-refractivity contribution in [1.82, 2.24) is 4.98 Å². The van der Waals surface area contributed by atoms with E-state index in [-0.39, 0.29) is 0 Å². The van der Waals surface area contributed by atoms with Gasteiger partial charge in [0, 0.05) is 4.51 Å². The van der Waals surface area contributed by atoms with Gasteiger partial charge in [0.15, 0.2) is 0 Å². The monoisotopic (exact) mass is 171 g/mol. The number of rotatable bonds is 2. The van der Waals surface area contributed by atoms with E-state index in [0.717, 1.165) is 0 Å². The summed E-state index contributed by atoms with van der Waals surface area (Å²) in [7, 11) is 0. The van der Waals surface area contributed by atoms with Gasteiger partial charge in [-0.05, 0) is 12.1 Å². The highest BCUT2D eigenvalue weighted by atomic mass is 32.1. The maximum absolute atomic E-state index is 5.15. The highest BCUT2D eigenvalue weighted by Crippen LogP contribution is 2.07. The zero-order valence-corrected chi connectivity index (χ0v) is 6.53. The van der Waals surface area contributed by atoms with E-state index in [1.807, 2.05) is 0 Å². The molecule has 0 bridgehead atoms. The summed E-state index contributed by atoms with van der Waals surface area (Å²) >= 11 is 4.91. The van der Waals surface area contributed by atoms with E-state index in [4.69, 9.17) is 23.9 Å². The number of nitrogens with two attached hydrogens (primary N) is 2. The van der Waals surface area contributed by atoms with Gasteiger partial charge in [-0.25, -0.2) is 11.7 Å². The fourth-order valence-electron chi connectivity index (χ4n) is 0.699. The van der Waals surface area contributed by atoms with E-state index in [2.05, 4.69) is 15.8 Å². The molecule has 0 amide bonds. The van der Waals surface area contributed by atoms with E-state index in [1.54, 1.807) is 12.1 Å². The molecule has 1 rings (SSSR count). The summed E-state index contributed by atoms with van der Waals surface area (Å²) < 4.78 is 0.657. The molecular weight excluding hydrogens is 162 g/mol. The molecule has 0 aliphatic carbocycles. The SMILES string of the molecule is NNc1cc(=S)cc(NN)[nH]1. The smallest absolute Gasteiger partial charge is 0.120 e. The molecule has 1 aromatic rings. The van der Waals surface area contributed by atoms with Crippen LogP contribution in [0.25, 0.3) is 0 Å². The first-order chi connectivity index (χ1) is 5.26. The number of hydrogen-bond donors (Lipinski definition) is 5. The van der Waals surface area contributed by atoms with Crippen molar-refractivity contribution in [2.24, 2.45) is 11.7 Å². The van der Waals surface area contributed by atoms with Gasteiger partial charge in [-0.3, -0.25) is 0 Å². The number of aromatic nitrogens is 1. The van der Waals surface area contributed by atoms with Gasteiger partial charge in [0.1, 0.15) is 11.6 Å². The molecule has 0 saturated heterocycles. The average molecular weight is 171 g/mol. The summed E-state index contributed by atoms with van der Waals surface area (Å²) in [6, 6.07) is 3.38. The minimum Gasteiger partial charge on any atom is -0.326 e. The van der Waals surface area contributed by atoms with E-state index >= 15 is 0 Å². The molecule has 1 aromatic heterocycles. The zero-order valence-electron chi connectivity index (χ0n) is 5.72. The number of aromatic amines is 1. The fourth-order valence-corrected chi connectivity index (χ4v) is 0.935. The summed E-state index contributed by atoms with van der Waals surface area (Å²) in [6.45, 7) is 0. The maximum Gasteiger partial charge on any atom is 0.120 e. The number of H-pyrrole nitrogens is 1. The highest BCUT2D eigenvalue weighted by Gasteiger charge is 1.91. The molecule has 0 fully saturated rings. The van der Waals surface area contributed by atoms with Crippen molar-refractivity contribution in [2.45, 2.75) is 0 Å². The largest absolute Gasteiger partial charge is 0.326 e. The lowest BCUT2D eigenvalue weighted by molar-refractivity contribution is 1.19. The Kier molecular flexibility index (Phi) is 2.42. The topological polar surface area (TPSA) is 91.9 Å². The first-order valence-electron chi connectivity index (χ1n) is 2.94. The summed E-state index contributed by atoms with van der Waals surface area (Å²) in [5.41, 5.74) is 4.85. The van der Waals surface area contributed by atoms with Crippen molar-refractivity contribution >= 4 is 23.9 Å². The molecule has 0 saturated carbocycles. The Labute approximate surface area is 68.7 Å². The van der Waals surface area contributed by atoms with Crippen molar-refractivity contribution in [3.63, 3.8) is 0 Å². The van der Waals surface area contributed by atoms with Crippen LogP contribution in [0.5, 0.6) is 0 Å². The number of hydrogen-bond acceptors (Lipinski definition) is 5. The normalized spacial score (nSPS) is 9.27. The molecule has 0 aromatic carbocycles. The van der Waals surface area contributed by atoms with Crippen LogP contribution in [0.15, 0.2) is 12.1 Å².